The van der Waals surface area contributed by atoms with Gasteiger partial charge in [-0.15, -0.1) is 0 Å². The van der Waals surface area contributed by atoms with Gasteiger partial charge in [0.1, 0.15) is 0 Å². The molecule has 45 heavy (non-hydrogen) atoms. The van der Waals surface area contributed by atoms with E-state index >= 15 is 0 Å². The fraction of sp³-hybridized carbons (Fsp3) is 0.559. The van der Waals surface area contributed by atoms with E-state index in [9.17, 15) is 22.7 Å². The van der Waals surface area contributed by atoms with Crippen LogP contribution >= 0.6 is 0 Å². The van der Waals surface area contributed by atoms with Crippen LogP contribution in [0.3, 0.4) is 0 Å². The Kier molecular flexibility index (Phi) is 7.87. The molecule has 2 amide bonds. The first-order chi connectivity index (χ1) is 21.1. The van der Waals surface area contributed by atoms with Crippen LogP contribution in [0.5, 0.6) is 0 Å². The van der Waals surface area contributed by atoms with E-state index < -0.39 is 21.1 Å². The first-order valence-corrected chi connectivity index (χ1v) is 17.6. The minimum Gasteiger partial charge on any atom is -0.386 e. The molecule has 2 bridgehead atoms. The highest BCUT2D eigenvalue weighted by Gasteiger charge is 2.53. The average Bonchev–Trinajstić information content (AvgIpc) is 3.53. The van der Waals surface area contributed by atoms with Gasteiger partial charge in [-0.25, -0.2) is 17.6 Å². The van der Waals surface area contributed by atoms with Gasteiger partial charge in [-0.3, -0.25) is 4.90 Å². The maximum Gasteiger partial charge on any atom is 0.324 e. The number of anilines is 1. The second kappa shape index (κ2) is 11.2. The van der Waals surface area contributed by atoms with E-state index in [1.54, 1.807) is 18.7 Å². The predicted molar refractivity (Wildman–Crippen MR) is 170 cm³/mol. The molecule has 1 aliphatic heterocycles. The van der Waals surface area contributed by atoms with Gasteiger partial charge in [0.05, 0.1) is 17.1 Å². The molecule has 4 aliphatic rings. The average molecular weight is 639 g/mol. The number of aliphatic hydroxyl groups is 1. The van der Waals surface area contributed by atoms with Gasteiger partial charge in [-0.05, 0) is 100 Å². The van der Waals surface area contributed by atoms with Crippen molar-refractivity contribution in [2.24, 2.45) is 5.41 Å². The summed E-state index contributed by atoms with van der Waals surface area (Å²) in [6.45, 7) is 7.20. The van der Waals surface area contributed by atoms with Crippen LogP contribution in [0.2, 0.25) is 0 Å². The van der Waals surface area contributed by atoms with Crippen LogP contribution in [0.4, 0.5) is 14.9 Å². The molecule has 0 atom stereocenters. The Balaban J connectivity index is 1.27. The number of halogens is 1. The molecule has 3 saturated carbocycles. The van der Waals surface area contributed by atoms with Crippen molar-refractivity contribution in [1.82, 2.24) is 15.0 Å². The van der Waals surface area contributed by atoms with Crippen molar-refractivity contribution in [3.63, 3.8) is 0 Å². The topological polar surface area (TPSA) is 117 Å². The van der Waals surface area contributed by atoms with Crippen LogP contribution in [0, 0.1) is 5.41 Å². The number of hydrogen-bond acceptors (Lipinski definition) is 7. The zero-order valence-corrected chi connectivity index (χ0v) is 27.4. The standard InChI is InChI=1S/C34H43FN4O5S/c1-31(2,35)29-36-28(37-44-29)34-15-12-33(13-16-34,14-17-34)23-39(30(40)38-18-20-45(42,43)21-19-38)27-7-5-6-25(22-27)24-8-10-26(11-9-24)32(3,4)41/h5-11,22,41H,12-21,23H2,1-4H3. The number of rotatable bonds is 7. The lowest BCUT2D eigenvalue weighted by molar-refractivity contribution is 0.0400. The Bertz CT molecular complexity index is 1630. The summed E-state index contributed by atoms with van der Waals surface area (Å²) in [7, 11) is -3.15. The number of nitrogens with zero attached hydrogens (tertiary/aromatic N) is 4. The van der Waals surface area contributed by atoms with Crippen molar-refractivity contribution in [1.29, 1.82) is 0 Å². The molecule has 9 nitrogen and oxygen atoms in total. The van der Waals surface area contributed by atoms with Crippen LogP contribution in [0.15, 0.2) is 53.1 Å². The molecule has 242 valence electrons. The molecule has 7 rings (SSSR count). The van der Waals surface area contributed by atoms with E-state index in [4.69, 9.17) is 4.52 Å². The SMILES string of the molecule is CC(C)(O)c1ccc(-c2cccc(N(CC34CCC(c5noc(C(C)(C)F)n5)(CC3)CC4)C(=O)N3CCS(=O)(=O)CC3)c2)cc1. The summed E-state index contributed by atoms with van der Waals surface area (Å²) in [6, 6.07) is 15.5. The summed E-state index contributed by atoms with van der Waals surface area (Å²) in [5.41, 5.74) is 0.484. The van der Waals surface area contributed by atoms with Crippen LogP contribution in [-0.4, -0.2) is 65.7 Å². The molecule has 2 heterocycles. The zero-order valence-electron chi connectivity index (χ0n) is 26.6. The molecular weight excluding hydrogens is 595 g/mol. The number of hydrogen-bond donors (Lipinski definition) is 1. The number of carbonyl (C=O) groups is 1. The third kappa shape index (κ3) is 6.38. The van der Waals surface area contributed by atoms with Gasteiger partial charge >= 0.3 is 6.03 Å². The van der Waals surface area contributed by atoms with Gasteiger partial charge < -0.3 is 14.5 Å². The van der Waals surface area contributed by atoms with Gasteiger partial charge in [-0.1, -0.05) is 41.6 Å². The van der Waals surface area contributed by atoms with E-state index in [2.05, 4.69) is 10.1 Å². The van der Waals surface area contributed by atoms with Crippen molar-refractivity contribution >= 4 is 21.6 Å². The lowest BCUT2D eigenvalue weighted by Crippen LogP contribution is -2.55. The van der Waals surface area contributed by atoms with Crippen molar-refractivity contribution in [3.8, 4) is 11.1 Å². The fourth-order valence-electron chi connectivity index (χ4n) is 7.12. The molecular formula is C34H43FN4O5S. The zero-order chi connectivity index (χ0) is 32.3. The Morgan fingerprint density at radius 3 is 2.16 bits per heavy atom. The number of benzene rings is 2. The number of aromatic nitrogens is 2. The first kappa shape index (κ1) is 31.7. The smallest absolute Gasteiger partial charge is 0.324 e. The third-order valence-corrected chi connectivity index (χ3v) is 11.8. The Morgan fingerprint density at radius 2 is 1.60 bits per heavy atom. The largest absolute Gasteiger partial charge is 0.386 e. The maximum atomic E-state index is 14.5. The van der Waals surface area contributed by atoms with Crippen molar-refractivity contribution in [3.05, 3.63) is 65.8 Å². The number of fused-ring (bicyclic) bond motifs is 3. The van der Waals surface area contributed by atoms with Crippen molar-refractivity contribution in [2.45, 2.75) is 82.9 Å². The molecule has 1 saturated heterocycles. The normalized spacial score (nSPS) is 24.9. The maximum absolute atomic E-state index is 14.5. The molecule has 1 N–H and O–H groups in total. The highest BCUT2D eigenvalue weighted by molar-refractivity contribution is 7.91. The molecule has 11 heteroatoms. The molecule has 4 fully saturated rings. The second-order valence-electron chi connectivity index (χ2n) is 14.4. The number of carbonyl (C=O) groups excluding carboxylic acids is 1. The summed E-state index contributed by atoms with van der Waals surface area (Å²) < 4.78 is 44.1. The van der Waals surface area contributed by atoms with Crippen LogP contribution < -0.4 is 4.90 Å². The molecule has 0 spiro atoms. The van der Waals surface area contributed by atoms with E-state index in [0.29, 0.717) is 12.4 Å². The predicted octanol–water partition coefficient (Wildman–Crippen LogP) is 6.12. The molecule has 3 aliphatic carbocycles. The lowest BCUT2D eigenvalue weighted by atomic mass is 9.53. The van der Waals surface area contributed by atoms with E-state index in [0.717, 1.165) is 60.9 Å². The summed E-state index contributed by atoms with van der Waals surface area (Å²) in [5, 5.41) is 14.6. The van der Waals surface area contributed by atoms with E-state index in [1.807, 2.05) is 53.4 Å². The summed E-state index contributed by atoms with van der Waals surface area (Å²) in [4.78, 5) is 22.2. The summed E-state index contributed by atoms with van der Waals surface area (Å²) in [5.74, 6) is 0.526. The van der Waals surface area contributed by atoms with Gasteiger partial charge in [0.25, 0.3) is 5.89 Å². The molecule has 1 aromatic heterocycles. The van der Waals surface area contributed by atoms with Crippen LogP contribution in [0.1, 0.15) is 83.5 Å². The third-order valence-electron chi connectivity index (χ3n) is 10.2. The van der Waals surface area contributed by atoms with Gasteiger partial charge in [0, 0.05) is 30.7 Å². The monoisotopic (exact) mass is 638 g/mol. The fourth-order valence-corrected chi connectivity index (χ4v) is 8.32. The Labute approximate surface area is 264 Å². The minimum atomic E-state index is -3.15. The van der Waals surface area contributed by atoms with Gasteiger partial charge in [0.15, 0.2) is 21.3 Å². The van der Waals surface area contributed by atoms with E-state index in [-0.39, 0.29) is 47.3 Å². The van der Waals surface area contributed by atoms with Gasteiger partial charge in [0.2, 0.25) is 0 Å². The van der Waals surface area contributed by atoms with Crippen molar-refractivity contribution in [2.75, 3.05) is 36.0 Å². The lowest BCUT2D eigenvalue weighted by Gasteiger charge is -2.53. The molecule has 2 aromatic carbocycles. The number of amides is 2. The summed E-state index contributed by atoms with van der Waals surface area (Å²) >= 11 is 0. The molecule has 0 unspecified atom stereocenters. The quantitative estimate of drug-likeness (QED) is 0.332. The second-order valence-corrected chi connectivity index (χ2v) is 16.7. The Hall–Kier alpha value is -3.31. The van der Waals surface area contributed by atoms with Crippen molar-refractivity contribution < 1.29 is 27.2 Å². The number of alkyl halides is 1. The Morgan fingerprint density at radius 1 is 0.978 bits per heavy atom. The van der Waals surface area contributed by atoms with E-state index in [1.165, 1.54) is 13.8 Å². The number of urea groups is 1. The highest BCUT2D eigenvalue weighted by atomic mass is 32.2. The van der Waals surface area contributed by atoms with Gasteiger partial charge in [-0.2, -0.15) is 4.98 Å². The van der Waals surface area contributed by atoms with Crippen LogP contribution in [0.25, 0.3) is 11.1 Å². The van der Waals surface area contributed by atoms with Crippen LogP contribution in [-0.2, 0) is 26.5 Å². The highest BCUT2D eigenvalue weighted by Crippen LogP contribution is 2.57. The number of sulfone groups is 1. The molecule has 0 radical (unpaired) electrons. The minimum absolute atomic E-state index is 0.00389. The molecule has 3 aromatic rings. The first-order valence-electron chi connectivity index (χ1n) is 15.8. The summed E-state index contributed by atoms with van der Waals surface area (Å²) in [6.07, 6.45) is 5.09.